The van der Waals surface area contributed by atoms with Crippen LogP contribution in [0.25, 0.3) is 0 Å². The standard InChI is InChI=1S/C18H21NO3/c1-14-5-3-4-6-17(14)19-18(20)13-22-16-9-7-15(8-10-16)11-12-21-2/h3-10H,11-13H2,1-2H3,(H,19,20). The topological polar surface area (TPSA) is 47.6 Å². The van der Waals surface area contributed by atoms with Gasteiger partial charge >= 0.3 is 0 Å². The molecule has 0 saturated heterocycles. The molecule has 116 valence electrons. The number of anilines is 1. The van der Waals surface area contributed by atoms with Crippen molar-refractivity contribution < 1.29 is 14.3 Å². The molecule has 0 radical (unpaired) electrons. The van der Waals surface area contributed by atoms with Crippen LogP contribution in [0.5, 0.6) is 5.75 Å². The van der Waals surface area contributed by atoms with Gasteiger partial charge in [-0.1, -0.05) is 30.3 Å². The molecule has 0 saturated carbocycles. The molecule has 1 amide bonds. The largest absolute Gasteiger partial charge is 0.484 e. The number of hydrogen-bond acceptors (Lipinski definition) is 3. The zero-order chi connectivity index (χ0) is 15.8. The maximum absolute atomic E-state index is 11.9. The molecule has 4 nitrogen and oxygen atoms in total. The molecule has 2 aromatic carbocycles. The minimum Gasteiger partial charge on any atom is -0.484 e. The Morgan fingerprint density at radius 2 is 1.82 bits per heavy atom. The Hall–Kier alpha value is -2.33. The van der Waals surface area contributed by atoms with Crippen molar-refractivity contribution >= 4 is 11.6 Å². The van der Waals surface area contributed by atoms with Gasteiger partial charge < -0.3 is 14.8 Å². The molecular formula is C18H21NO3. The molecule has 0 spiro atoms. The van der Waals surface area contributed by atoms with Gasteiger partial charge in [0.25, 0.3) is 5.91 Å². The summed E-state index contributed by atoms with van der Waals surface area (Å²) in [6, 6.07) is 15.3. The lowest BCUT2D eigenvalue weighted by atomic mass is 10.1. The summed E-state index contributed by atoms with van der Waals surface area (Å²) in [6.45, 7) is 2.64. The number of rotatable bonds is 7. The first kappa shape index (κ1) is 16.0. The van der Waals surface area contributed by atoms with E-state index in [1.807, 2.05) is 55.5 Å². The number of nitrogens with one attached hydrogen (secondary N) is 1. The summed E-state index contributed by atoms with van der Waals surface area (Å²) < 4.78 is 10.5. The molecule has 0 heterocycles. The number of hydrogen-bond donors (Lipinski definition) is 1. The predicted molar refractivity (Wildman–Crippen MR) is 87.3 cm³/mol. The average molecular weight is 299 g/mol. The van der Waals surface area contributed by atoms with Crippen LogP contribution in [-0.4, -0.2) is 26.2 Å². The Labute approximate surface area is 131 Å². The Bertz CT molecular complexity index is 608. The molecule has 1 N–H and O–H groups in total. The second kappa shape index (κ2) is 8.20. The van der Waals surface area contributed by atoms with E-state index in [4.69, 9.17) is 9.47 Å². The molecule has 0 aliphatic heterocycles. The van der Waals surface area contributed by atoms with Crippen molar-refractivity contribution in [2.45, 2.75) is 13.3 Å². The van der Waals surface area contributed by atoms with Crippen molar-refractivity contribution in [3.8, 4) is 5.75 Å². The van der Waals surface area contributed by atoms with Gasteiger partial charge in [-0.2, -0.15) is 0 Å². The van der Waals surface area contributed by atoms with E-state index in [9.17, 15) is 4.79 Å². The highest BCUT2D eigenvalue weighted by molar-refractivity contribution is 5.92. The van der Waals surface area contributed by atoms with E-state index >= 15 is 0 Å². The third kappa shape index (κ3) is 4.90. The molecule has 0 aliphatic carbocycles. The fourth-order valence-electron chi connectivity index (χ4n) is 2.02. The molecule has 2 rings (SSSR count). The Morgan fingerprint density at radius 3 is 2.50 bits per heavy atom. The van der Waals surface area contributed by atoms with Crippen LogP contribution < -0.4 is 10.1 Å². The van der Waals surface area contributed by atoms with Crippen molar-refractivity contribution in [2.75, 3.05) is 25.6 Å². The number of benzene rings is 2. The highest BCUT2D eigenvalue weighted by Crippen LogP contribution is 2.14. The van der Waals surface area contributed by atoms with E-state index in [0.29, 0.717) is 12.4 Å². The second-order valence-electron chi connectivity index (χ2n) is 5.04. The number of para-hydroxylation sites is 1. The van der Waals surface area contributed by atoms with Crippen LogP contribution in [-0.2, 0) is 16.0 Å². The number of carbonyl (C=O) groups excluding carboxylic acids is 1. The number of aryl methyl sites for hydroxylation is 1. The van der Waals surface area contributed by atoms with Crippen molar-refractivity contribution in [3.63, 3.8) is 0 Å². The van der Waals surface area contributed by atoms with Crippen LogP contribution in [0.3, 0.4) is 0 Å². The summed E-state index contributed by atoms with van der Waals surface area (Å²) in [6.07, 6.45) is 0.866. The van der Waals surface area contributed by atoms with Crippen molar-refractivity contribution in [1.29, 1.82) is 0 Å². The molecule has 0 atom stereocenters. The second-order valence-corrected chi connectivity index (χ2v) is 5.04. The molecule has 2 aromatic rings. The lowest BCUT2D eigenvalue weighted by Crippen LogP contribution is -2.20. The quantitative estimate of drug-likeness (QED) is 0.854. The van der Waals surface area contributed by atoms with Gasteiger partial charge in [-0.3, -0.25) is 4.79 Å². The maximum atomic E-state index is 11.9. The first-order valence-corrected chi connectivity index (χ1v) is 7.25. The number of amides is 1. The Morgan fingerprint density at radius 1 is 1.09 bits per heavy atom. The van der Waals surface area contributed by atoms with Gasteiger partial charge in [-0.25, -0.2) is 0 Å². The van der Waals surface area contributed by atoms with Crippen LogP contribution in [0, 0.1) is 6.92 Å². The van der Waals surface area contributed by atoms with Crippen molar-refractivity contribution in [3.05, 3.63) is 59.7 Å². The van der Waals surface area contributed by atoms with Crippen LogP contribution in [0.4, 0.5) is 5.69 Å². The minimum absolute atomic E-state index is 0.00818. The third-order valence-corrected chi connectivity index (χ3v) is 3.31. The number of methoxy groups -OCH3 is 1. The van der Waals surface area contributed by atoms with E-state index in [1.165, 1.54) is 5.56 Å². The fraction of sp³-hybridized carbons (Fsp3) is 0.278. The molecule has 22 heavy (non-hydrogen) atoms. The summed E-state index contributed by atoms with van der Waals surface area (Å²) in [7, 11) is 1.69. The zero-order valence-electron chi connectivity index (χ0n) is 13.0. The SMILES string of the molecule is COCCc1ccc(OCC(=O)Nc2ccccc2C)cc1. The number of carbonyl (C=O) groups is 1. The lowest BCUT2D eigenvalue weighted by Gasteiger charge is -2.10. The van der Waals surface area contributed by atoms with E-state index in [1.54, 1.807) is 7.11 Å². The first-order valence-electron chi connectivity index (χ1n) is 7.25. The first-order chi connectivity index (χ1) is 10.7. The highest BCUT2D eigenvalue weighted by atomic mass is 16.5. The van der Waals surface area contributed by atoms with Gasteiger partial charge in [0.2, 0.25) is 0 Å². The van der Waals surface area contributed by atoms with Crippen molar-refractivity contribution in [2.24, 2.45) is 0 Å². The molecule has 0 fully saturated rings. The van der Waals surface area contributed by atoms with Crippen molar-refractivity contribution in [1.82, 2.24) is 0 Å². The molecule has 0 bridgehead atoms. The monoisotopic (exact) mass is 299 g/mol. The highest BCUT2D eigenvalue weighted by Gasteiger charge is 2.05. The molecular weight excluding hydrogens is 278 g/mol. The Balaban J connectivity index is 1.82. The van der Waals surface area contributed by atoms with E-state index < -0.39 is 0 Å². The molecule has 0 unspecified atom stereocenters. The van der Waals surface area contributed by atoms with E-state index in [0.717, 1.165) is 17.7 Å². The number of ether oxygens (including phenoxy) is 2. The third-order valence-electron chi connectivity index (χ3n) is 3.31. The fourth-order valence-corrected chi connectivity index (χ4v) is 2.02. The predicted octanol–water partition coefficient (Wildman–Crippen LogP) is 3.20. The van der Waals surface area contributed by atoms with Gasteiger partial charge in [0.05, 0.1) is 6.61 Å². The average Bonchev–Trinajstić information content (AvgIpc) is 2.54. The summed E-state index contributed by atoms with van der Waals surface area (Å²) in [5.74, 6) is 0.513. The van der Waals surface area contributed by atoms with Gasteiger partial charge in [-0.15, -0.1) is 0 Å². The summed E-state index contributed by atoms with van der Waals surface area (Å²) in [5.41, 5.74) is 3.02. The van der Waals surface area contributed by atoms with Crippen LogP contribution in [0.2, 0.25) is 0 Å². The molecule has 0 aromatic heterocycles. The van der Waals surface area contributed by atoms with Gasteiger partial charge in [0.15, 0.2) is 6.61 Å². The van der Waals surface area contributed by atoms with Crippen LogP contribution in [0.15, 0.2) is 48.5 Å². The molecule has 0 aliphatic rings. The summed E-state index contributed by atoms with van der Waals surface area (Å²) >= 11 is 0. The molecule has 4 heteroatoms. The lowest BCUT2D eigenvalue weighted by molar-refractivity contribution is -0.118. The van der Waals surface area contributed by atoms with E-state index in [2.05, 4.69) is 5.32 Å². The minimum atomic E-state index is -0.169. The van der Waals surface area contributed by atoms with Gasteiger partial charge in [0.1, 0.15) is 5.75 Å². The normalized spacial score (nSPS) is 10.3. The van der Waals surface area contributed by atoms with Gasteiger partial charge in [0, 0.05) is 12.8 Å². The summed E-state index contributed by atoms with van der Waals surface area (Å²) in [4.78, 5) is 11.9. The van der Waals surface area contributed by atoms with Crippen LogP contribution in [0.1, 0.15) is 11.1 Å². The summed E-state index contributed by atoms with van der Waals surface area (Å²) in [5, 5.41) is 2.84. The van der Waals surface area contributed by atoms with Crippen LogP contribution >= 0.6 is 0 Å². The maximum Gasteiger partial charge on any atom is 0.262 e. The Kier molecular flexibility index (Phi) is 5.98. The van der Waals surface area contributed by atoms with E-state index in [-0.39, 0.29) is 12.5 Å². The zero-order valence-corrected chi connectivity index (χ0v) is 13.0. The smallest absolute Gasteiger partial charge is 0.262 e. The van der Waals surface area contributed by atoms with Gasteiger partial charge in [-0.05, 0) is 42.7 Å².